The van der Waals surface area contributed by atoms with Gasteiger partial charge in [0.15, 0.2) is 0 Å². The Morgan fingerprint density at radius 2 is 1.64 bits per heavy atom. The maximum Gasteiger partial charge on any atom is 0.0108 e. The molecule has 0 amide bonds. The minimum atomic E-state index is 0.399. The third kappa shape index (κ3) is 1.46. The van der Waals surface area contributed by atoms with E-state index in [9.17, 15) is 0 Å². The molecule has 2 atom stereocenters. The van der Waals surface area contributed by atoms with Gasteiger partial charge in [-0.25, -0.2) is 0 Å². The van der Waals surface area contributed by atoms with Crippen molar-refractivity contribution in [2.75, 3.05) is 0 Å². The van der Waals surface area contributed by atoms with E-state index in [1.807, 2.05) is 0 Å². The molecule has 0 aliphatic heterocycles. The number of hydrogen-bond acceptors (Lipinski definition) is 1. The van der Waals surface area contributed by atoms with Crippen LogP contribution in [0.1, 0.15) is 41.0 Å². The molecule has 1 nitrogen and oxygen atoms in total. The third-order valence-corrected chi connectivity index (χ3v) is 3.61. The lowest BCUT2D eigenvalue weighted by molar-refractivity contribution is 0.345. The number of rotatable bonds is 1. The molecule has 1 saturated carbocycles. The van der Waals surface area contributed by atoms with Gasteiger partial charge in [-0.15, -0.1) is 0 Å². The van der Waals surface area contributed by atoms with Crippen molar-refractivity contribution in [2.45, 2.75) is 45.6 Å². The van der Waals surface area contributed by atoms with Crippen molar-refractivity contribution in [3.8, 4) is 0 Å². The van der Waals surface area contributed by atoms with Crippen molar-refractivity contribution in [1.82, 2.24) is 0 Å². The Labute approximate surface area is 86.3 Å². The highest BCUT2D eigenvalue weighted by Gasteiger charge is 2.29. The van der Waals surface area contributed by atoms with Gasteiger partial charge in [-0.3, -0.25) is 0 Å². The summed E-state index contributed by atoms with van der Waals surface area (Å²) in [5, 5.41) is 0. The summed E-state index contributed by atoms with van der Waals surface area (Å²) in [6.45, 7) is 6.56. The Hall–Kier alpha value is -0.820. The molecule has 0 aromatic heterocycles. The second kappa shape index (κ2) is 3.39. The summed E-state index contributed by atoms with van der Waals surface area (Å²) in [6, 6.07) is 5.01. The van der Waals surface area contributed by atoms with Crippen molar-refractivity contribution in [2.24, 2.45) is 5.73 Å². The van der Waals surface area contributed by atoms with E-state index in [-0.39, 0.29) is 0 Å². The maximum atomic E-state index is 6.01. The molecule has 1 aromatic rings. The second-order valence-electron chi connectivity index (χ2n) is 4.64. The fraction of sp³-hybridized carbons (Fsp3) is 0.538. The van der Waals surface area contributed by atoms with Gasteiger partial charge in [-0.1, -0.05) is 12.1 Å². The van der Waals surface area contributed by atoms with Crippen molar-refractivity contribution in [3.05, 3.63) is 34.4 Å². The van der Waals surface area contributed by atoms with E-state index in [1.54, 1.807) is 0 Å². The van der Waals surface area contributed by atoms with Crippen LogP contribution in [0.2, 0.25) is 0 Å². The number of nitrogens with two attached hydrogens (primary N) is 1. The Morgan fingerprint density at radius 3 is 2.14 bits per heavy atom. The lowest BCUT2D eigenvalue weighted by Gasteiger charge is -2.35. The zero-order chi connectivity index (χ0) is 10.3. The zero-order valence-corrected chi connectivity index (χ0v) is 9.30. The van der Waals surface area contributed by atoms with Crippen LogP contribution in [0.5, 0.6) is 0 Å². The summed E-state index contributed by atoms with van der Waals surface area (Å²) >= 11 is 0. The van der Waals surface area contributed by atoms with Crippen LogP contribution in [0.15, 0.2) is 12.1 Å². The lowest BCUT2D eigenvalue weighted by Crippen LogP contribution is -2.37. The fourth-order valence-corrected chi connectivity index (χ4v) is 2.29. The highest BCUT2D eigenvalue weighted by atomic mass is 14.7. The summed E-state index contributed by atoms with van der Waals surface area (Å²) in [6.07, 6.45) is 2.46. The molecule has 1 heteroatoms. The van der Waals surface area contributed by atoms with Crippen LogP contribution in [0.25, 0.3) is 0 Å². The van der Waals surface area contributed by atoms with Gasteiger partial charge in [-0.05, 0) is 61.8 Å². The zero-order valence-electron chi connectivity index (χ0n) is 9.30. The van der Waals surface area contributed by atoms with E-state index in [0.29, 0.717) is 12.0 Å². The molecule has 1 aromatic carbocycles. The predicted molar refractivity (Wildman–Crippen MR) is 60.6 cm³/mol. The Bertz CT molecular complexity index is 354. The summed E-state index contributed by atoms with van der Waals surface area (Å²) in [5.74, 6) is 0.620. The van der Waals surface area contributed by atoms with Crippen LogP contribution >= 0.6 is 0 Å². The molecule has 14 heavy (non-hydrogen) atoms. The molecule has 0 bridgehead atoms. The van der Waals surface area contributed by atoms with Crippen LogP contribution in [-0.4, -0.2) is 6.04 Å². The van der Waals surface area contributed by atoms with Gasteiger partial charge in [0.05, 0.1) is 0 Å². The van der Waals surface area contributed by atoms with Crippen LogP contribution in [0.3, 0.4) is 0 Å². The number of benzene rings is 1. The number of aryl methyl sites for hydroxylation is 3. The van der Waals surface area contributed by atoms with E-state index in [2.05, 4.69) is 32.9 Å². The average Bonchev–Trinajstić information content (AvgIpc) is 2.12. The van der Waals surface area contributed by atoms with Crippen LogP contribution in [0.4, 0.5) is 0 Å². The highest BCUT2D eigenvalue weighted by Crippen LogP contribution is 2.37. The molecular weight excluding hydrogens is 170 g/mol. The Morgan fingerprint density at radius 1 is 1.00 bits per heavy atom. The van der Waals surface area contributed by atoms with Gasteiger partial charge in [0.25, 0.3) is 0 Å². The Kier molecular flexibility index (Phi) is 2.36. The standard InChI is InChI=1S/C13H19N/c1-8-6-10(3)12(7-9(8)2)11-4-5-13(11)14/h6-7,11,13H,4-5,14H2,1-3H3. The first-order valence-corrected chi connectivity index (χ1v) is 5.43. The summed E-state index contributed by atoms with van der Waals surface area (Å²) < 4.78 is 0. The normalized spacial score (nSPS) is 26.0. The molecule has 0 radical (unpaired) electrons. The highest BCUT2D eigenvalue weighted by molar-refractivity contribution is 5.40. The molecule has 1 aliphatic rings. The monoisotopic (exact) mass is 189 g/mol. The minimum absolute atomic E-state index is 0.399. The van der Waals surface area contributed by atoms with E-state index in [0.717, 1.165) is 0 Å². The van der Waals surface area contributed by atoms with E-state index < -0.39 is 0 Å². The average molecular weight is 189 g/mol. The molecule has 0 spiro atoms. The third-order valence-electron chi connectivity index (χ3n) is 3.61. The van der Waals surface area contributed by atoms with Gasteiger partial charge in [0, 0.05) is 6.04 Å². The van der Waals surface area contributed by atoms with Crippen LogP contribution < -0.4 is 5.73 Å². The first-order chi connectivity index (χ1) is 6.59. The van der Waals surface area contributed by atoms with E-state index >= 15 is 0 Å². The SMILES string of the molecule is Cc1cc(C)c(C2CCC2N)cc1C. The van der Waals surface area contributed by atoms with E-state index in [4.69, 9.17) is 5.73 Å². The topological polar surface area (TPSA) is 26.0 Å². The van der Waals surface area contributed by atoms with Gasteiger partial charge in [0.1, 0.15) is 0 Å². The molecule has 0 heterocycles. The van der Waals surface area contributed by atoms with Gasteiger partial charge < -0.3 is 5.73 Å². The fourth-order valence-electron chi connectivity index (χ4n) is 2.29. The largest absolute Gasteiger partial charge is 0.327 e. The molecule has 2 N–H and O–H groups in total. The molecule has 1 fully saturated rings. The van der Waals surface area contributed by atoms with Crippen LogP contribution in [-0.2, 0) is 0 Å². The first-order valence-electron chi connectivity index (χ1n) is 5.43. The molecule has 1 aliphatic carbocycles. The molecular formula is C13H19N. The van der Waals surface area contributed by atoms with Crippen molar-refractivity contribution in [3.63, 3.8) is 0 Å². The summed E-state index contributed by atoms with van der Waals surface area (Å²) in [4.78, 5) is 0. The van der Waals surface area contributed by atoms with Gasteiger partial charge >= 0.3 is 0 Å². The predicted octanol–water partition coefficient (Wildman–Crippen LogP) is 2.82. The molecule has 2 unspecified atom stereocenters. The maximum absolute atomic E-state index is 6.01. The second-order valence-corrected chi connectivity index (χ2v) is 4.64. The molecule has 2 rings (SSSR count). The molecule has 0 saturated heterocycles. The smallest absolute Gasteiger partial charge is 0.0108 e. The summed E-state index contributed by atoms with van der Waals surface area (Å²) in [7, 11) is 0. The van der Waals surface area contributed by atoms with Crippen molar-refractivity contribution in [1.29, 1.82) is 0 Å². The summed E-state index contributed by atoms with van der Waals surface area (Å²) in [5.41, 5.74) is 11.7. The van der Waals surface area contributed by atoms with E-state index in [1.165, 1.54) is 35.1 Å². The number of hydrogen-bond donors (Lipinski definition) is 1. The van der Waals surface area contributed by atoms with Crippen LogP contribution in [0, 0.1) is 20.8 Å². The first kappa shape index (κ1) is 9.72. The minimum Gasteiger partial charge on any atom is -0.327 e. The quantitative estimate of drug-likeness (QED) is 0.722. The Balaban J connectivity index is 2.38. The van der Waals surface area contributed by atoms with Gasteiger partial charge in [-0.2, -0.15) is 0 Å². The van der Waals surface area contributed by atoms with Gasteiger partial charge in [0.2, 0.25) is 0 Å². The molecule has 76 valence electrons. The van der Waals surface area contributed by atoms with Crippen molar-refractivity contribution < 1.29 is 0 Å². The van der Waals surface area contributed by atoms with Crippen molar-refractivity contribution >= 4 is 0 Å². The lowest BCUT2D eigenvalue weighted by atomic mass is 9.73.